The highest BCUT2D eigenvalue weighted by Gasteiger charge is 2.38. The van der Waals surface area contributed by atoms with Gasteiger partial charge in [-0.05, 0) is 25.2 Å². The van der Waals surface area contributed by atoms with Crippen molar-refractivity contribution in [3.8, 4) is 6.07 Å². The molecule has 0 aromatic heterocycles. The van der Waals surface area contributed by atoms with E-state index in [9.17, 15) is 0 Å². The lowest BCUT2D eigenvalue weighted by molar-refractivity contribution is 0.141. The van der Waals surface area contributed by atoms with Crippen LogP contribution in [0.15, 0.2) is 0 Å². The molecule has 0 amide bonds. The third-order valence-corrected chi connectivity index (χ3v) is 3.33. The molecule has 1 unspecified atom stereocenters. The molecule has 0 saturated carbocycles. The van der Waals surface area contributed by atoms with Gasteiger partial charge in [-0.2, -0.15) is 5.26 Å². The number of hydrogen-bond donors (Lipinski definition) is 0. The molecule has 0 N–H and O–H groups in total. The van der Waals surface area contributed by atoms with Gasteiger partial charge in [0.05, 0.1) is 11.5 Å². The third kappa shape index (κ3) is 1.74. The molecule has 0 saturated heterocycles. The smallest absolute Gasteiger partial charge is 0.0692 e. The number of nitrogens with zero attached hydrogens (tertiary/aromatic N) is 1. The summed E-state index contributed by atoms with van der Waals surface area (Å²) in [7, 11) is 0. The SMILES string of the molecule is CCC(C)(C)C(C)(C#N)CC. The number of hydrogen-bond acceptors (Lipinski definition) is 1. The van der Waals surface area contributed by atoms with Gasteiger partial charge in [-0.1, -0.05) is 27.7 Å². The molecule has 0 heterocycles. The standard InChI is InChI=1S/C10H19N/c1-6-9(3,4)10(5,7-2)8-11/h6-7H2,1-5H3. The zero-order valence-corrected chi connectivity index (χ0v) is 8.36. The molecule has 64 valence electrons. The predicted molar refractivity (Wildman–Crippen MR) is 48.1 cm³/mol. The van der Waals surface area contributed by atoms with Crippen molar-refractivity contribution in [3.63, 3.8) is 0 Å². The Hall–Kier alpha value is -0.510. The second kappa shape index (κ2) is 3.26. The molecule has 0 spiro atoms. The van der Waals surface area contributed by atoms with E-state index >= 15 is 0 Å². The molecular weight excluding hydrogens is 134 g/mol. The Balaban J connectivity index is 4.65. The van der Waals surface area contributed by atoms with Crippen molar-refractivity contribution >= 4 is 0 Å². The molecule has 0 radical (unpaired) electrons. The Kier molecular flexibility index (Phi) is 3.11. The highest BCUT2D eigenvalue weighted by molar-refractivity contribution is 5.03. The van der Waals surface area contributed by atoms with E-state index in [2.05, 4.69) is 40.7 Å². The maximum Gasteiger partial charge on any atom is 0.0692 e. The fraction of sp³-hybridized carbons (Fsp3) is 0.900. The van der Waals surface area contributed by atoms with Crippen molar-refractivity contribution in [2.45, 2.75) is 47.5 Å². The lowest BCUT2D eigenvalue weighted by Gasteiger charge is -2.37. The number of rotatable bonds is 3. The van der Waals surface area contributed by atoms with E-state index in [-0.39, 0.29) is 10.8 Å². The maximum absolute atomic E-state index is 9.00. The average Bonchev–Trinajstić information content (AvgIpc) is 2.02. The van der Waals surface area contributed by atoms with Crippen LogP contribution in [-0.2, 0) is 0 Å². The summed E-state index contributed by atoms with van der Waals surface area (Å²) >= 11 is 0. The van der Waals surface area contributed by atoms with Crippen LogP contribution < -0.4 is 0 Å². The summed E-state index contributed by atoms with van der Waals surface area (Å²) in [6.07, 6.45) is 2.00. The summed E-state index contributed by atoms with van der Waals surface area (Å²) in [6, 6.07) is 2.42. The second-order valence-electron chi connectivity index (χ2n) is 4.03. The van der Waals surface area contributed by atoms with Gasteiger partial charge in [-0.25, -0.2) is 0 Å². The summed E-state index contributed by atoms with van der Waals surface area (Å²) in [5, 5.41) is 9.00. The van der Waals surface area contributed by atoms with Crippen LogP contribution in [0.25, 0.3) is 0 Å². The van der Waals surface area contributed by atoms with Crippen LogP contribution in [0.2, 0.25) is 0 Å². The fourth-order valence-corrected chi connectivity index (χ4v) is 1.10. The fourth-order valence-electron chi connectivity index (χ4n) is 1.10. The average molecular weight is 153 g/mol. The van der Waals surface area contributed by atoms with E-state index in [1.807, 2.05) is 0 Å². The lowest BCUT2D eigenvalue weighted by Crippen LogP contribution is -2.32. The predicted octanol–water partition coefficient (Wildman–Crippen LogP) is 3.36. The maximum atomic E-state index is 9.00. The minimum absolute atomic E-state index is 0.135. The van der Waals surface area contributed by atoms with Gasteiger partial charge in [-0.15, -0.1) is 0 Å². The van der Waals surface area contributed by atoms with Crippen molar-refractivity contribution in [2.75, 3.05) is 0 Å². The molecule has 0 aromatic rings. The quantitative estimate of drug-likeness (QED) is 0.610. The van der Waals surface area contributed by atoms with E-state index < -0.39 is 0 Å². The van der Waals surface area contributed by atoms with Crippen LogP contribution in [-0.4, -0.2) is 0 Å². The molecule has 0 bridgehead atoms. The first-order valence-electron chi connectivity index (χ1n) is 4.34. The van der Waals surface area contributed by atoms with E-state index in [0.717, 1.165) is 12.8 Å². The van der Waals surface area contributed by atoms with Crippen molar-refractivity contribution in [1.82, 2.24) is 0 Å². The Morgan fingerprint density at radius 3 is 1.64 bits per heavy atom. The van der Waals surface area contributed by atoms with E-state index in [1.165, 1.54) is 0 Å². The Morgan fingerprint density at radius 1 is 1.09 bits per heavy atom. The summed E-state index contributed by atoms with van der Waals surface area (Å²) < 4.78 is 0. The largest absolute Gasteiger partial charge is 0.198 e. The van der Waals surface area contributed by atoms with Crippen molar-refractivity contribution < 1.29 is 0 Å². The lowest BCUT2D eigenvalue weighted by atomic mass is 9.65. The molecule has 0 fully saturated rings. The van der Waals surface area contributed by atoms with Gasteiger partial charge < -0.3 is 0 Å². The van der Waals surface area contributed by atoms with Gasteiger partial charge in [0.2, 0.25) is 0 Å². The molecule has 11 heavy (non-hydrogen) atoms. The van der Waals surface area contributed by atoms with Crippen LogP contribution in [0.4, 0.5) is 0 Å². The van der Waals surface area contributed by atoms with Crippen molar-refractivity contribution in [1.29, 1.82) is 5.26 Å². The molecule has 0 aromatic carbocycles. The first-order chi connectivity index (χ1) is 4.93. The minimum atomic E-state index is -0.165. The van der Waals surface area contributed by atoms with Gasteiger partial charge in [-0.3, -0.25) is 0 Å². The van der Waals surface area contributed by atoms with Crippen LogP contribution in [0, 0.1) is 22.2 Å². The first kappa shape index (κ1) is 10.5. The molecule has 0 aliphatic carbocycles. The monoisotopic (exact) mass is 153 g/mol. The Morgan fingerprint density at radius 2 is 1.55 bits per heavy atom. The summed E-state index contributed by atoms with van der Waals surface area (Å²) in [5.74, 6) is 0. The summed E-state index contributed by atoms with van der Waals surface area (Å²) in [4.78, 5) is 0. The first-order valence-corrected chi connectivity index (χ1v) is 4.34. The highest BCUT2D eigenvalue weighted by atomic mass is 14.4. The molecule has 0 rings (SSSR count). The Bertz CT molecular complexity index is 164. The zero-order valence-electron chi connectivity index (χ0n) is 8.36. The van der Waals surface area contributed by atoms with Crippen LogP contribution >= 0.6 is 0 Å². The Labute approximate surface area is 70.4 Å². The third-order valence-electron chi connectivity index (χ3n) is 3.33. The van der Waals surface area contributed by atoms with Crippen molar-refractivity contribution in [3.05, 3.63) is 0 Å². The molecule has 1 nitrogen and oxygen atoms in total. The minimum Gasteiger partial charge on any atom is -0.198 e. The van der Waals surface area contributed by atoms with Gasteiger partial charge in [0.1, 0.15) is 0 Å². The van der Waals surface area contributed by atoms with Gasteiger partial charge in [0.15, 0.2) is 0 Å². The van der Waals surface area contributed by atoms with Crippen LogP contribution in [0.3, 0.4) is 0 Å². The van der Waals surface area contributed by atoms with Gasteiger partial charge in [0.25, 0.3) is 0 Å². The molecule has 0 aliphatic heterocycles. The zero-order chi connectivity index (χ0) is 9.12. The summed E-state index contributed by atoms with van der Waals surface area (Å²) in [5.41, 5.74) is -0.0295. The molecular formula is C10H19N. The molecule has 1 heteroatoms. The van der Waals surface area contributed by atoms with Gasteiger partial charge >= 0.3 is 0 Å². The van der Waals surface area contributed by atoms with E-state index in [0.29, 0.717) is 0 Å². The summed E-state index contributed by atoms with van der Waals surface area (Å²) in [6.45, 7) is 10.6. The van der Waals surface area contributed by atoms with Crippen LogP contribution in [0.5, 0.6) is 0 Å². The highest BCUT2D eigenvalue weighted by Crippen LogP contribution is 2.43. The van der Waals surface area contributed by atoms with Crippen molar-refractivity contribution in [2.24, 2.45) is 10.8 Å². The normalized spacial score (nSPS) is 17.1. The van der Waals surface area contributed by atoms with E-state index in [4.69, 9.17) is 5.26 Å². The van der Waals surface area contributed by atoms with E-state index in [1.54, 1.807) is 0 Å². The topological polar surface area (TPSA) is 23.8 Å². The molecule has 0 aliphatic rings. The second-order valence-corrected chi connectivity index (χ2v) is 4.03. The number of nitriles is 1. The molecule has 1 atom stereocenters. The van der Waals surface area contributed by atoms with Gasteiger partial charge in [0, 0.05) is 0 Å². The van der Waals surface area contributed by atoms with Crippen LogP contribution in [0.1, 0.15) is 47.5 Å².